The number of nitrogens with one attached hydrogen (secondary N) is 1. The maximum Gasteiger partial charge on any atom is 0.306 e. The normalized spacial score (nSPS) is 17.7. The number of unbranched alkanes of at least 4 members (excludes halogenated alkanes) is 1. The van der Waals surface area contributed by atoms with Crippen molar-refractivity contribution in [2.24, 2.45) is 11.0 Å². The van der Waals surface area contributed by atoms with E-state index in [1.54, 1.807) is 0 Å². The Morgan fingerprint density at radius 2 is 1.94 bits per heavy atom. The molecule has 35 heavy (non-hydrogen) atoms. The number of rotatable bonds is 9. The number of carbonyl (C=O) groups is 2. The van der Waals surface area contributed by atoms with Crippen molar-refractivity contribution in [1.82, 2.24) is 5.01 Å². The van der Waals surface area contributed by atoms with Crippen molar-refractivity contribution in [3.63, 3.8) is 0 Å². The topological polar surface area (TPSA) is 80.2 Å². The summed E-state index contributed by atoms with van der Waals surface area (Å²) >= 11 is 0. The molecule has 0 spiro atoms. The number of morpholine rings is 1. The molecule has 7 heteroatoms. The molecule has 0 radical (unpaired) electrons. The van der Waals surface area contributed by atoms with Gasteiger partial charge < -0.3 is 14.8 Å². The molecule has 1 fully saturated rings. The van der Waals surface area contributed by atoms with Gasteiger partial charge in [0.05, 0.1) is 39.1 Å². The molecule has 1 N–H and O–H groups in total. The van der Waals surface area contributed by atoms with Gasteiger partial charge in [-0.15, -0.1) is 0 Å². The first-order chi connectivity index (χ1) is 17.1. The molecule has 1 aliphatic heterocycles. The van der Waals surface area contributed by atoms with Crippen LogP contribution in [0.4, 0.5) is 5.69 Å². The maximum atomic E-state index is 12.8. The van der Waals surface area contributed by atoms with Crippen LogP contribution in [0.15, 0.2) is 47.6 Å². The Balaban J connectivity index is 1.29. The highest BCUT2D eigenvalue weighted by Crippen LogP contribution is 2.29. The van der Waals surface area contributed by atoms with Crippen LogP contribution in [0.2, 0.25) is 0 Å². The SMILES string of the molecule is CCCCOC(=O)CC1CCc2cc(C(=O)Nc3ccc(C=NN4CCOCC4)cc3)ccc2C1. The van der Waals surface area contributed by atoms with Crippen molar-refractivity contribution in [1.29, 1.82) is 0 Å². The number of hydrogen-bond acceptors (Lipinski definition) is 6. The molecule has 1 aliphatic carbocycles. The average Bonchev–Trinajstić information content (AvgIpc) is 2.88. The van der Waals surface area contributed by atoms with Gasteiger partial charge in [0, 0.05) is 17.7 Å². The predicted molar refractivity (Wildman–Crippen MR) is 137 cm³/mol. The summed E-state index contributed by atoms with van der Waals surface area (Å²) < 4.78 is 10.7. The van der Waals surface area contributed by atoms with Crippen LogP contribution in [0.3, 0.4) is 0 Å². The van der Waals surface area contributed by atoms with Crippen molar-refractivity contribution in [2.45, 2.75) is 45.4 Å². The minimum atomic E-state index is -0.121. The Morgan fingerprint density at radius 3 is 2.71 bits per heavy atom. The van der Waals surface area contributed by atoms with Crippen molar-refractivity contribution < 1.29 is 19.1 Å². The molecule has 0 aromatic heterocycles. The first kappa shape index (κ1) is 24.9. The molecule has 2 aliphatic rings. The van der Waals surface area contributed by atoms with E-state index in [1.807, 2.05) is 53.7 Å². The van der Waals surface area contributed by atoms with E-state index in [-0.39, 0.29) is 11.9 Å². The molecule has 7 nitrogen and oxygen atoms in total. The first-order valence-electron chi connectivity index (χ1n) is 12.7. The minimum Gasteiger partial charge on any atom is -0.466 e. The van der Waals surface area contributed by atoms with Crippen LogP contribution in [0.25, 0.3) is 0 Å². The highest BCUT2D eigenvalue weighted by molar-refractivity contribution is 6.04. The monoisotopic (exact) mass is 477 g/mol. The van der Waals surface area contributed by atoms with Crippen molar-refractivity contribution in [3.8, 4) is 0 Å². The van der Waals surface area contributed by atoms with Gasteiger partial charge in [0.2, 0.25) is 0 Å². The summed E-state index contributed by atoms with van der Waals surface area (Å²) in [5.74, 6) is 0.0899. The molecule has 2 aromatic carbocycles. The zero-order chi connectivity index (χ0) is 24.5. The van der Waals surface area contributed by atoms with Gasteiger partial charge >= 0.3 is 5.97 Å². The molecule has 186 valence electrons. The van der Waals surface area contributed by atoms with Crippen LogP contribution in [0.5, 0.6) is 0 Å². The van der Waals surface area contributed by atoms with E-state index in [1.165, 1.54) is 11.1 Å². The number of aryl methyl sites for hydroxylation is 1. The lowest BCUT2D eigenvalue weighted by Crippen LogP contribution is -2.32. The lowest BCUT2D eigenvalue weighted by Gasteiger charge is -2.24. The zero-order valence-electron chi connectivity index (χ0n) is 20.5. The summed E-state index contributed by atoms with van der Waals surface area (Å²) in [6.45, 7) is 5.62. The van der Waals surface area contributed by atoms with Gasteiger partial charge in [0.1, 0.15) is 0 Å². The van der Waals surface area contributed by atoms with Crippen LogP contribution in [0.1, 0.15) is 59.7 Å². The molecule has 2 aromatic rings. The summed E-state index contributed by atoms with van der Waals surface area (Å²) in [4.78, 5) is 24.9. The van der Waals surface area contributed by atoms with Gasteiger partial charge in [0.15, 0.2) is 0 Å². The van der Waals surface area contributed by atoms with Crippen molar-refractivity contribution in [2.75, 3.05) is 38.2 Å². The largest absolute Gasteiger partial charge is 0.466 e. The number of ether oxygens (including phenoxy) is 2. The van der Waals surface area contributed by atoms with Gasteiger partial charge in [-0.1, -0.05) is 31.5 Å². The van der Waals surface area contributed by atoms with Crippen LogP contribution in [-0.4, -0.2) is 56.0 Å². The molecule has 1 unspecified atom stereocenters. The number of benzene rings is 2. The molecule has 0 bridgehead atoms. The minimum absolute atomic E-state index is 0.0960. The fourth-order valence-electron chi connectivity index (χ4n) is 4.44. The van der Waals surface area contributed by atoms with Gasteiger partial charge in [-0.05, 0) is 72.6 Å². The Kier molecular flexibility index (Phi) is 8.90. The summed E-state index contributed by atoms with van der Waals surface area (Å²) in [6.07, 6.45) is 6.91. The van der Waals surface area contributed by atoms with Crippen molar-refractivity contribution in [3.05, 3.63) is 64.7 Å². The van der Waals surface area contributed by atoms with Gasteiger partial charge in [-0.2, -0.15) is 5.10 Å². The second-order valence-electron chi connectivity index (χ2n) is 9.26. The van der Waals surface area contributed by atoms with E-state index >= 15 is 0 Å². The predicted octanol–water partition coefficient (Wildman–Crippen LogP) is 4.44. The fourth-order valence-corrected chi connectivity index (χ4v) is 4.44. The van der Waals surface area contributed by atoms with Crippen molar-refractivity contribution >= 4 is 23.8 Å². The number of amides is 1. The second kappa shape index (κ2) is 12.5. The number of esters is 1. The van der Waals surface area contributed by atoms with E-state index in [4.69, 9.17) is 9.47 Å². The average molecular weight is 478 g/mol. The van der Waals surface area contributed by atoms with Gasteiger partial charge in [0.25, 0.3) is 5.91 Å². The summed E-state index contributed by atoms with van der Waals surface area (Å²) in [5.41, 5.74) is 4.80. The van der Waals surface area contributed by atoms with E-state index < -0.39 is 0 Å². The lowest BCUT2D eigenvalue weighted by atomic mass is 9.81. The molecule has 1 heterocycles. The number of hydrazone groups is 1. The smallest absolute Gasteiger partial charge is 0.306 e. The third-order valence-corrected chi connectivity index (χ3v) is 6.54. The molecule has 0 saturated carbocycles. The Morgan fingerprint density at radius 1 is 1.14 bits per heavy atom. The van der Waals surface area contributed by atoms with Crippen LogP contribution < -0.4 is 5.32 Å². The second-order valence-corrected chi connectivity index (χ2v) is 9.26. The van der Waals surface area contributed by atoms with Gasteiger partial charge in [-0.3, -0.25) is 14.6 Å². The first-order valence-corrected chi connectivity index (χ1v) is 12.7. The molecule has 4 rings (SSSR count). The molecular formula is C28H35N3O4. The van der Waals surface area contributed by atoms with E-state index in [2.05, 4.69) is 17.3 Å². The Labute approximate surface area is 207 Å². The van der Waals surface area contributed by atoms with Crippen LogP contribution in [-0.2, 0) is 27.1 Å². The number of fused-ring (bicyclic) bond motifs is 1. The third-order valence-electron chi connectivity index (χ3n) is 6.54. The summed E-state index contributed by atoms with van der Waals surface area (Å²) in [5, 5.41) is 9.47. The number of nitrogens with zero attached hydrogens (tertiary/aromatic N) is 2. The van der Waals surface area contributed by atoms with Crippen LogP contribution in [0, 0.1) is 5.92 Å². The van der Waals surface area contributed by atoms with E-state index in [0.717, 1.165) is 56.4 Å². The molecule has 1 atom stereocenters. The molecular weight excluding hydrogens is 442 g/mol. The number of carbonyl (C=O) groups excluding carboxylic acids is 2. The Bertz CT molecular complexity index is 1030. The quantitative estimate of drug-likeness (QED) is 0.328. The standard InChI is InChI=1S/C28H35N3O4/c1-2-3-14-35-27(32)18-22-4-7-24-19-25(9-8-23(24)17-22)28(33)30-26-10-5-21(6-11-26)20-29-31-12-15-34-16-13-31/h5-6,8-11,19-20,22H,2-4,7,12-18H2,1H3,(H,30,33). The zero-order valence-corrected chi connectivity index (χ0v) is 20.5. The highest BCUT2D eigenvalue weighted by atomic mass is 16.5. The molecule has 1 amide bonds. The summed E-state index contributed by atoms with van der Waals surface area (Å²) in [7, 11) is 0. The van der Waals surface area contributed by atoms with E-state index in [9.17, 15) is 9.59 Å². The Hall–Kier alpha value is -3.19. The molecule has 1 saturated heterocycles. The van der Waals surface area contributed by atoms with E-state index in [0.29, 0.717) is 37.7 Å². The van der Waals surface area contributed by atoms with Gasteiger partial charge in [-0.25, -0.2) is 0 Å². The third kappa shape index (κ3) is 7.39. The fraction of sp³-hybridized carbons (Fsp3) is 0.464. The lowest BCUT2D eigenvalue weighted by molar-refractivity contribution is -0.145. The number of hydrogen-bond donors (Lipinski definition) is 1. The highest BCUT2D eigenvalue weighted by Gasteiger charge is 2.22. The van der Waals surface area contributed by atoms with Crippen LogP contribution >= 0.6 is 0 Å². The maximum absolute atomic E-state index is 12.8. The number of anilines is 1. The summed E-state index contributed by atoms with van der Waals surface area (Å²) in [6, 6.07) is 13.6.